The largest absolute Gasteiger partial charge is 0.396 e. The fourth-order valence-corrected chi connectivity index (χ4v) is 3.71. The Bertz CT molecular complexity index is 274. The normalized spacial score (nSPS) is 30.1. The number of nitrogens with one attached hydrogen (secondary N) is 1. The number of piperidine rings is 1. The van der Waals surface area contributed by atoms with Crippen LogP contribution in [0.4, 0.5) is 0 Å². The highest BCUT2D eigenvalue weighted by Gasteiger charge is 2.33. The SMILES string of the molecule is CCCNC(CCO)CN1CC2CCCCN2CC1C. The maximum Gasteiger partial charge on any atom is 0.0446 e. The van der Waals surface area contributed by atoms with Crippen molar-refractivity contribution in [2.24, 2.45) is 0 Å². The molecule has 2 N–H and O–H groups in total. The van der Waals surface area contributed by atoms with Crippen LogP contribution in [0, 0.1) is 0 Å². The summed E-state index contributed by atoms with van der Waals surface area (Å²) in [6, 6.07) is 1.87. The maximum atomic E-state index is 9.25. The number of piperazine rings is 1. The summed E-state index contributed by atoms with van der Waals surface area (Å²) >= 11 is 0. The first kappa shape index (κ1) is 16.2. The van der Waals surface area contributed by atoms with Crippen molar-refractivity contribution >= 4 is 0 Å². The molecule has 4 heteroatoms. The monoisotopic (exact) mass is 283 g/mol. The molecule has 0 radical (unpaired) electrons. The molecule has 0 spiro atoms. The van der Waals surface area contributed by atoms with Crippen LogP contribution in [0.5, 0.6) is 0 Å². The van der Waals surface area contributed by atoms with Gasteiger partial charge in [0.2, 0.25) is 0 Å². The van der Waals surface area contributed by atoms with Crippen LogP contribution < -0.4 is 5.32 Å². The fraction of sp³-hybridized carbons (Fsp3) is 1.00. The molecular formula is C16H33N3O. The third-order valence-corrected chi connectivity index (χ3v) is 4.93. The number of aliphatic hydroxyl groups excluding tert-OH is 1. The zero-order valence-electron chi connectivity index (χ0n) is 13.4. The Balaban J connectivity index is 1.86. The number of hydrogen-bond donors (Lipinski definition) is 2. The van der Waals surface area contributed by atoms with E-state index in [0.717, 1.165) is 32.0 Å². The summed E-state index contributed by atoms with van der Waals surface area (Å²) in [5.74, 6) is 0. The van der Waals surface area contributed by atoms with Crippen molar-refractivity contribution in [3.8, 4) is 0 Å². The second-order valence-electron chi connectivity index (χ2n) is 6.61. The van der Waals surface area contributed by atoms with Crippen LogP contribution in [0.2, 0.25) is 0 Å². The van der Waals surface area contributed by atoms with Gasteiger partial charge in [0.05, 0.1) is 0 Å². The summed E-state index contributed by atoms with van der Waals surface area (Å²) in [6.07, 6.45) is 6.19. The van der Waals surface area contributed by atoms with Crippen LogP contribution in [0.25, 0.3) is 0 Å². The van der Waals surface area contributed by atoms with Gasteiger partial charge in [0, 0.05) is 44.4 Å². The Hall–Kier alpha value is -0.160. The third kappa shape index (κ3) is 4.42. The Morgan fingerprint density at radius 3 is 2.90 bits per heavy atom. The predicted molar refractivity (Wildman–Crippen MR) is 84.0 cm³/mol. The predicted octanol–water partition coefficient (Wildman–Crippen LogP) is 1.30. The lowest BCUT2D eigenvalue weighted by Crippen LogP contribution is -2.60. The molecule has 4 nitrogen and oxygen atoms in total. The van der Waals surface area contributed by atoms with Gasteiger partial charge >= 0.3 is 0 Å². The number of nitrogens with zero attached hydrogens (tertiary/aromatic N) is 2. The van der Waals surface area contributed by atoms with Gasteiger partial charge in [0.15, 0.2) is 0 Å². The lowest BCUT2D eigenvalue weighted by Gasteiger charge is -2.48. The quantitative estimate of drug-likeness (QED) is 0.739. The Labute approximate surface area is 124 Å². The van der Waals surface area contributed by atoms with Gasteiger partial charge in [0.1, 0.15) is 0 Å². The molecule has 2 heterocycles. The molecule has 118 valence electrons. The fourth-order valence-electron chi connectivity index (χ4n) is 3.71. The zero-order chi connectivity index (χ0) is 14.4. The van der Waals surface area contributed by atoms with Gasteiger partial charge in [0.25, 0.3) is 0 Å². The van der Waals surface area contributed by atoms with Crippen LogP contribution in [0.15, 0.2) is 0 Å². The Morgan fingerprint density at radius 2 is 2.15 bits per heavy atom. The minimum atomic E-state index is 0.291. The molecule has 2 fully saturated rings. The molecule has 3 unspecified atom stereocenters. The van der Waals surface area contributed by atoms with Gasteiger partial charge in [-0.25, -0.2) is 0 Å². The summed E-state index contributed by atoms with van der Waals surface area (Å²) in [5.41, 5.74) is 0. The first-order valence-electron chi connectivity index (χ1n) is 8.57. The summed E-state index contributed by atoms with van der Waals surface area (Å²) in [6.45, 7) is 10.7. The average molecular weight is 283 g/mol. The number of aliphatic hydroxyl groups is 1. The molecule has 3 atom stereocenters. The minimum Gasteiger partial charge on any atom is -0.396 e. The van der Waals surface area contributed by atoms with Crippen molar-refractivity contribution in [1.82, 2.24) is 15.1 Å². The van der Waals surface area contributed by atoms with E-state index in [4.69, 9.17) is 0 Å². The topological polar surface area (TPSA) is 38.7 Å². The number of rotatable bonds is 7. The average Bonchev–Trinajstić information content (AvgIpc) is 2.45. The summed E-state index contributed by atoms with van der Waals surface area (Å²) < 4.78 is 0. The number of fused-ring (bicyclic) bond motifs is 1. The summed E-state index contributed by atoms with van der Waals surface area (Å²) in [7, 11) is 0. The van der Waals surface area contributed by atoms with E-state index in [1.165, 1.54) is 38.9 Å². The molecule has 2 aliphatic heterocycles. The third-order valence-electron chi connectivity index (χ3n) is 4.93. The maximum absolute atomic E-state index is 9.25. The van der Waals surface area contributed by atoms with E-state index in [2.05, 4.69) is 29.0 Å². The molecule has 0 saturated carbocycles. The molecule has 2 saturated heterocycles. The van der Waals surface area contributed by atoms with Crippen molar-refractivity contribution in [3.05, 3.63) is 0 Å². The van der Waals surface area contributed by atoms with Crippen LogP contribution in [0.3, 0.4) is 0 Å². The highest BCUT2D eigenvalue weighted by molar-refractivity contribution is 4.90. The van der Waals surface area contributed by atoms with Gasteiger partial charge in [-0.3, -0.25) is 9.80 Å². The molecule has 2 rings (SSSR count). The summed E-state index contributed by atoms with van der Waals surface area (Å²) in [4.78, 5) is 5.35. The van der Waals surface area contributed by atoms with Crippen LogP contribution >= 0.6 is 0 Å². The zero-order valence-corrected chi connectivity index (χ0v) is 13.4. The lowest BCUT2D eigenvalue weighted by atomic mass is 9.96. The molecule has 0 aromatic heterocycles. The van der Waals surface area contributed by atoms with Crippen molar-refractivity contribution in [2.75, 3.05) is 39.3 Å². The van der Waals surface area contributed by atoms with Gasteiger partial charge < -0.3 is 10.4 Å². The minimum absolute atomic E-state index is 0.291. The molecule has 2 aliphatic rings. The molecule has 0 amide bonds. The molecule has 0 aliphatic carbocycles. The smallest absolute Gasteiger partial charge is 0.0446 e. The van der Waals surface area contributed by atoms with Gasteiger partial charge in [-0.1, -0.05) is 13.3 Å². The lowest BCUT2D eigenvalue weighted by molar-refractivity contribution is 0.00956. The van der Waals surface area contributed by atoms with Crippen LogP contribution in [-0.2, 0) is 0 Å². The van der Waals surface area contributed by atoms with E-state index in [-0.39, 0.29) is 0 Å². The second kappa shape index (κ2) is 8.32. The first-order valence-corrected chi connectivity index (χ1v) is 8.57. The Morgan fingerprint density at radius 1 is 1.30 bits per heavy atom. The van der Waals surface area contributed by atoms with Crippen LogP contribution in [-0.4, -0.2) is 72.4 Å². The van der Waals surface area contributed by atoms with Crippen molar-refractivity contribution in [3.63, 3.8) is 0 Å². The van der Waals surface area contributed by atoms with E-state index in [9.17, 15) is 5.11 Å². The van der Waals surface area contributed by atoms with Gasteiger partial charge in [-0.15, -0.1) is 0 Å². The van der Waals surface area contributed by atoms with Crippen LogP contribution in [0.1, 0.15) is 46.0 Å². The molecule has 20 heavy (non-hydrogen) atoms. The van der Waals surface area contributed by atoms with E-state index in [1.54, 1.807) is 0 Å². The van der Waals surface area contributed by atoms with Crippen molar-refractivity contribution < 1.29 is 5.11 Å². The van der Waals surface area contributed by atoms with E-state index in [1.807, 2.05) is 0 Å². The molecule has 0 bridgehead atoms. The standard InChI is InChI=1S/C16H33N3O/c1-3-8-17-15(7-10-20)12-19-13-16-6-4-5-9-18(16)11-14(19)2/h14-17,20H,3-13H2,1-2H3. The highest BCUT2D eigenvalue weighted by atomic mass is 16.3. The van der Waals surface area contributed by atoms with Gasteiger partial charge in [-0.2, -0.15) is 0 Å². The summed E-state index contributed by atoms with van der Waals surface area (Å²) in [5, 5.41) is 12.8. The van der Waals surface area contributed by atoms with E-state index in [0.29, 0.717) is 18.7 Å². The Kier molecular flexibility index (Phi) is 6.75. The van der Waals surface area contributed by atoms with E-state index < -0.39 is 0 Å². The van der Waals surface area contributed by atoms with Crippen molar-refractivity contribution in [1.29, 1.82) is 0 Å². The van der Waals surface area contributed by atoms with Crippen molar-refractivity contribution in [2.45, 2.75) is 64.1 Å². The highest BCUT2D eigenvalue weighted by Crippen LogP contribution is 2.24. The molecule has 0 aromatic rings. The molecule has 0 aromatic carbocycles. The first-order chi connectivity index (χ1) is 9.74. The second-order valence-corrected chi connectivity index (χ2v) is 6.61. The number of hydrogen-bond acceptors (Lipinski definition) is 4. The van der Waals surface area contributed by atoms with Gasteiger partial charge in [-0.05, 0) is 45.7 Å². The molecular weight excluding hydrogens is 250 g/mol. The van der Waals surface area contributed by atoms with E-state index >= 15 is 0 Å².